The molecule has 0 saturated carbocycles. The van der Waals surface area contributed by atoms with Gasteiger partial charge in [-0.1, -0.05) is 108 Å². The van der Waals surface area contributed by atoms with Crippen molar-refractivity contribution in [1.29, 1.82) is 0 Å². The van der Waals surface area contributed by atoms with Crippen molar-refractivity contribution in [3.63, 3.8) is 0 Å². The molecule has 0 spiro atoms. The molecule has 0 bridgehead atoms. The smallest absolute Gasteiger partial charge is 0.143 e. The lowest BCUT2D eigenvalue weighted by Crippen LogP contribution is -2.56. The number of aromatic nitrogens is 2. The Balaban J connectivity index is 1.04. The quantitative estimate of drug-likeness (QED) is 0.180. The summed E-state index contributed by atoms with van der Waals surface area (Å²) >= 11 is 0. The van der Waals surface area contributed by atoms with Crippen LogP contribution in [0.5, 0.6) is 0 Å². The highest BCUT2D eigenvalue weighted by Gasteiger charge is 2.20. The highest BCUT2D eigenvalue weighted by Crippen LogP contribution is 2.39. The first-order chi connectivity index (χ1) is 27.4. The summed E-state index contributed by atoms with van der Waals surface area (Å²) in [6, 6.07) is 53.3. The van der Waals surface area contributed by atoms with Gasteiger partial charge in [-0.05, 0) is 71.3 Å². The first-order valence-electron chi connectivity index (χ1n) is 18.5. The van der Waals surface area contributed by atoms with Crippen molar-refractivity contribution >= 4 is 132 Å². The van der Waals surface area contributed by atoms with Gasteiger partial charge in [0.15, 0.2) is 0 Å². The molecule has 0 fully saturated rings. The number of fused-ring (bicyclic) bond motifs is 9. The van der Waals surface area contributed by atoms with Gasteiger partial charge in [0.05, 0.1) is 22.1 Å². The fourth-order valence-electron chi connectivity index (χ4n) is 8.66. The zero-order valence-electron chi connectivity index (χ0n) is 30.1. The molecular weight excluding hydrogens is 675 g/mol. The highest BCUT2D eigenvalue weighted by molar-refractivity contribution is 6.68. The minimum atomic E-state index is 0.192. The van der Waals surface area contributed by atoms with Gasteiger partial charge < -0.3 is 13.6 Å². The maximum Gasteiger partial charge on any atom is 0.143 e. The van der Waals surface area contributed by atoms with Crippen LogP contribution in [0.1, 0.15) is 0 Å². The molecule has 10 radical (unpaired) electrons. The normalized spacial score (nSPS) is 11.9. The Bertz CT molecular complexity index is 3400. The van der Waals surface area contributed by atoms with Gasteiger partial charge in [-0.15, -0.1) is 16.4 Å². The fraction of sp³-hybridized carbons (Fsp3) is 0. The van der Waals surface area contributed by atoms with Crippen LogP contribution in [-0.4, -0.2) is 48.4 Å². The second kappa shape index (κ2) is 12.2. The van der Waals surface area contributed by atoms with E-state index in [0.29, 0.717) is 16.6 Å². The molecule has 8 aromatic carbocycles. The molecule has 0 saturated heterocycles. The minimum Gasteiger partial charge on any atom is -0.455 e. The SMILES string of the molecule is [B]c1c([B])c([B])c(-n2c3ccccc3c3cc(-c4ccc5c(c4)c4ccccc4n5-c4ccc(-c5cccc6c5oc5ccccc56)cc4)ccc32)c([B])c1[B]. The van der Waals surface area contributed by atoms with Crippen LogP contribution < -0.4 is 27.3 Å². The minimum absolute atomic E-state index is 0.192. The summed E-state index contributed by atoms with van der Waals surface area (Å²) in [7, 11) is 32.0. The number of para-hydroxylation sites is 4. The number of benzene rings is 8. The van der Waals surface area contributed by atoms with Gasteiger partial charge in [-0.3, -0.25) is 0 Å². The van der Waals surface area contributed by atoms with Crippen LogP contribution in [0.25, 0.3) is 99.2 Å². The Morgan fingerprint density at radius 2 is 0.839 bits per heavy atom. The van der Waals surface area contributed by atoms with Gasteiger partial charge in [-0.2, -0.15) is 0 Å². The summed E-state index contributed by atoms with van der Waals surface area (Å²) in [5, 5.41) is 6.70. The van der Waals surface area contributed by atoms with E-state index in [9.17, 15) is 0 Å². The molecule has 3 aromatic heterocycles. The number of nitrogens with zero attached hydrogens (tertiary/aromatic N) is 2. The maximum absolute atomic E-state index is 6.59. The fourth-order valence-corrected chi connectivity index (χ4v) is 8.66. The van der Waals surface area contributed by atoms with Crippen LogP contribution in [0.3, 0.4) is 0 Å². The summed E-state index contributed by atoms with van der Waals surface area (Å²) in [6.45, 7) is 0. The largest absolute Gasteiger partial charge is 0.455 e. The van der Waals surface area contributed by atoms with E-state index in [4.69, 9.17) is 43.6 Å². The molecule has 3 nitrogen and oxygen atoms in total. The van der Waals surface area contributed by atoms with E-state index >= 15 is 0 Å². The van der Waals surface area contributed by atoms with E-state index in [1.165, 1.54) is 10.8 Å². The van der Waals surface area contributed by atoms with Gasteiger partial charge in [0, 0.05) is 49.3 Å². The lowest BCUT2D eigenvalue weighted by atomic mass is 9.61. The number of hydrogen-bond donors (Lipinski definition) is 0. The van der Waals surface area contributed by atoms with Crippen molar-refractivity contribution < 1.29 is 4.42 Å². The van der Waals surface area contributed by atoms with Crippen LogP contribution in [0.15, 0.2) is 156 Å². The molecule has 0 amide bonds. The number of hydrogen-bond acceptors (Lipinski definition) is 1. The lowest BCUT2D eigenvalue weighted by Gasteiger charge is -2.23. The standard InChI is InChI=1S/C48H25B5N2O/c49-42-43(50)45(52)47(46(53)44(42)51)55-38-14-5-2-9-32(38)36-25-28(19-23-40(36)55)27-18-22-39-35(24-27)31-8-1-4-13-37(31)54(39)29-20-16-26(17-21-29)30-11-7-12-34-33-10-3-6-15-41(33)56-48(30)34/h1-25H. The lowest BCUT2D eigenvalue weighted by molar-refractivity contribution is 0.670. The van der Waals surface area contributed by atoms with Crippen molar-refractivity contribution in [2.75, 3.05) is 0 Å². The van der Waals surface area contributed by atoms with Gasteiger partial charge in [-0.25, -0.2) is 0 Å². The van der Waals surface area contributed by atoms with E-state index in [0.717, 1.165) is 82.7 Å². The topological polar surface area (TPSA) is 23.0 Å². The average molecular weight is 700 g/mol. The monoisotopic (exact) mass is 700 g/mol. The number of rotatable bonds is 4. The van der Waals surface area contributed by atoms with Crippen LogP contribution >= 0.6 is 0 Å². The van der Waals surface area contributed by atoms with Gasteiger partial charge in [0.1, 0.15) is 50.4 Å². The summed E-state index contributed by atoms with van der Waals surface area (Å²) in [5.41, 5.74) is 13.1. The Kier molecular flexibility index (Phi) is 7.19. The van der Waals surface area contributed by atoms with Crippen molar-refractivity contribution in [3.05, 3.63) is 152 Å². The van der Waals surface area contributed by atoms with E-state index in [1.54, 1.807) is 0 Å². The molecule has 248 valence electrons. The summed E-state index contributed by atoms with van der Waals surface area (Å²) in [4.78, 5) is 0. The van der Waals surface area contributed by atoms with Gasteiger partial charge >= 0.3 is 0 Å². The molecule has 11 aromatic rings. The summed E-state index contributed by atoms with van der Waals surface area (Å²) in [6.07, 6.45) is 0. The van der Waals surface area contributed by atoms with Crippen molar-refractivity contribution in [2.24, 2.45) is 0 Å². The molecule has 8 heteroatoms. The second-order valence-corrected chi connectivity index (χ2v) is 14.4. The third-order valence-corrected chi connectivity index (χ3v) is 11.4. The van der Waals surface area contributed by atoms with Crippen molar-refractivity contribution in [2.45, 2.75) is 0 Å². The van der Waals surface area contributed by atoms with E-state index in [2.05, 4.69) is 126 Å². The Morgan fingerprint density at radius 3 is 1.48 bits per heavy atom. The molecule has 3 heterocycles. The zero-order valence-corrected chi connectivity index (χ0v) is 30.1. The molecule has 56 heavy (non-hydrogen) atoms. The van der Waals surface area contributed by atoms with Crippen LogP contribution in [0, 0.1) is 0 Å². The first kappa shape index (κ1) is 32.9. The predicted molar refractivity (Wildman–Crippen MR) is 240 cm³/mol. The zero-order chi connectivity index (χ0) is 37.8. The molecule has 0 aliphatic carbocycles. The molecule has 11 rings (SSSR count). The van der Waals surface area contributed by atoms with Crippen molar-refractivity contribution in [3.8, 4) is 33.6 Å². The molecule has 0 atom stereocenters. The van der Waals surface area contributed by atoms with Crippen LogP contribution in [-0.2, 0) is 0 Å². The van der Waals surface area contributed by atoms with E-state index in [1.807, 2.05) is 34.9 Å². The van der Waals surface area contributed by atoms with Gasteiger partial charge in [0.2, 0.25) is 0 Å². The molecule has 0 aliphatic rings. The summed E-state index contributed by atoms with van der Waals surface area (Å²) in [5.74, 6) is 0. The van der Waals surface area contributed by atoms with Crippen LogP contribution in [0.2, 0.25) is 0 Å². The first-order valence-corrected chi connectivity index (χ1v) is 18.5. The average Bonchev–Trinajstić information content (AvgIpc) is 3.90. The predicted octanol–water partition coefficient (Wildman–Crippen LogP) is 7.08. The Labute approximate surface area is 329 Å². The van der Waals surface area contributed by atoms with Crippen molar-refractivity contribution in [1.82, 2.24) is 9.13 Å². The highest BCUT2D eigenvalue weighted by atomic mass is 16.3. The third kappa shape index (κ3) is 4.65. The molecular formula is C48H25B5N2O. The molecule has 0 unspecified atom stereocenters. The van der Waals surface area contributed by atoms with Crippen LogP contribution in [0.4, 0.5) is 0 Å². The van der Waals surface area contributed by atoms with E-state index in [-0.39, 0.29) is 16.4 Å². The Morgan fingerprint density at radius 1 is 0.357 bits per heavy atom. The molecule has 0 aliphatic heterocycles. The Hall–Kier alpha value is -6.52. The van der Waals surface area contributed by atoms with E-state index < -0.39 is 0 Å². The number of furan rings is 1. The molecule has 0 N–H and O–H groups in total. The maximum atomic E-state index is 6.59. The third-order valence-electron chi connectivity index (χ3n) is 11.4. The second-order valence-electron chi connectivity index (χ2n) is 14.4. The van der Waals surface area contributed by atoms with Gasteiger partial charge in [0.25, 0.3) is 0 Å². The summed E-state index contributed by atoms with van der Waals surface area (Å²) < 4.78 is 10.7.